The minimum atomic E-state index is -0.445. The number of nitrogens with one attached hydrogen (secondary N) is 1. The summed E-state index contributed by atoms with van der Waals surface area (Å²) in [6, 6.07) is 9.92. The van der Waals surface area contributed by atoms with E-state index < -0.39 is 5.54 Å². The second kappa shape index (κ2) is 10.7. The summed E-state index contributed by atoms with van der Waals surface area (Å²) in [5.74, 6) is 0. The Hall–Kier alpha value is -0.980. The molecule has 1 unspecified atom stereocenters. The molecule has 1 rings (SSSR count). The van der Waals surface area contributed by atoms with Gasteiger partial charge in [-0.15, -0.1) is 0 Å². The fourth-order valence-corrected chi connectivity index (χ4v) is 1.92. The number of aliphatic hydroxyl groups is 1. The molecule has 0 heterocycles. The molecule has 0 spiro atoms. The van der Waals surface area contributed by atoms with E-state index in [0.29, 0.717) is 39.6 Å². The van der Waals surface area contributed by atoms with Crippen LogP contribution in [0.25, 0.3) is 0 Å². The van der Waals surface area contributed by atoms with Crippen LogP contribution in [0.15, 0.2) is 30.3 Å². The lowest BCUT2D eigenvalue weighted by Crippen LogP contribution is -2.44. The molecule has 1 atom stereocenters. The average molecular weight is 297 g/mol. The number of methoxy groups -OCH3 is 1. The van der Waals surface area contributed by atoms with E-state index in [1.165, 1.54) is 0 Å². The van der Waals surface area contributed by atoms with Gasteiger partial charge in [-0.25, -0.2) is 0 Å². The van der Waals surface area contributed by atoms with Gasteiger partial charge in [0.1, 0.15) is 0 Å². The highest BCUT2D eigenvalue weighted by Gasteiger charge is 2.24. The first kappa shape index (κ1) is 18.1. The maximum absolute atomic E-state index is 9.63. The maximum atomic E-state index is 9.63. The minimum absolute atomic E-state index is 0.0388. The van der Waals surface area contributed by atoms with Crippen molar-refractivity contribution in [2.45, 2.75) is 12.5 Å². The quantitative estimate of drug-likeness (QED) is 0.567. The predicted octanol–water partition coefficient (Wildman–Crippen LogP) is 1.16. The third-order valence-electron chi connectivity index (χ3n) is 3.29. The van der Waals surface area contributed by atoms with E-state index >= 15 is 0 Å². The Bertz CT molecular complexity index is 361. The summed E-state index contributed by atoms with van der Waals surface area (Å²) >= 11 is 0. The summed E-state index contributed by atoms with van der Waals surface area (Å²) < 4.78 is 15.7. The number of hydrogen-bond donors (Lipinski definition) is 2. The van der Waals surface area contributed by atoms with Gasteiger partial charge in [-0.2, -0.15) is 0 Å². The van der Waals surface area contributed by atoms with Crippen LogP contribution in [-0.4, -0.2) is 58.4 Å². The molecular formula is C16H27NO4. The lowest BCUT2D eigenvalue weighted by molar-refractivity contribution is 0.0237. The van der Waals surface area contributed by atoms with Gasteiger partial charge in [0.15, 0.2) is 0 Å². The third-order valence-corrected chi connectivity index (χ3v) is 3.29. The van der Waals surface area contributed by atoms with Crippen molar-refractivity contribution in [2.24, 2.45) is 0 Å². The van der Waals surface area contributed by atoms with Crippen molar-refractivity contribution >= 4 is 0 Å². The fraction of sp³-hybridized carbons (Fsp3) is 0.625. The van der Waals surface area contributed by atoms with Crippen molar-refractivity contribution in [1.82, 2.24) is 5.32 Å². The third kappa shape index (κ3) is 7.02. The molecule has 0 amide bonds. The zero-order valence-electron chi connectivity index (χ0n) is 13.0. The van der Waals surface area contributed by atoms with E-state index in [0.717, 1.165) is 5.56 Å². The van der Waals surface area contributed by atoms with E-state index in [1.807, 2.05) is 37.3 Å². The molecule has 1 aromatic carbocycles. The van der Waals surface area contributed by atoms with Gasteiger partial charge in [-0.1, -0.05) is 30.3 Å². The molecule has 0 fully saturated rings. The van der Waals surface area contributed by atoms with Crippen LogP contribution in [-0.2, 0) is 19.7 Å². The predicted molar refractivity (Wildman–Crippen MR) is 82.4 cm³/mol. The molecule has 0 bridgehead atoms. The smallest absolute Gasteiger partial charge is 0.0701 e. The molecular weight excluding hydrogens is 270 g/mol. The second-order valence-electron chi connectivity index (χ2n) is 5.00. The fourth-order valence-electron chi connectivity index (χ4n) is 1.92. The van der Waals surface area contributed by atoms with Crippen LogP contribution in [0.3, 0.4) is 0 Å². The molecule has 120 valence electrons. The van der Waals surface area contributed by atoms with Crippen LogP contribution in [0, 0.1) is 0 Å². The second-order valence-corrected chi connectivity index (χ2v) is 5.00. The molecule has 0 radical (unpaired) electrons. The van der Waals surface area contributed by atoms with Gasteiger partial charge in [0.2, 0.25) is 0 Å². The summed E-state index contributed by atoms with van der Waals surface area (Å²) in [6.45, 7) is 5.60. The molecule has 0 aromatic heterocycles. The number of rotatable bonds is 12. The summed E-state index contributed by atoms with van der Waals surface area (Å²) in [4.78, 5) is 0. The van der Waals surface area contributed by atoms with Crippen LogP contribution >= 0.6 is 0 Å². The van der Waals surface area contributed by atoms with E-state index in [4.69, 9.17) is 14.2 Å². The van der Waals surface area contributed by atoms with Gasteiger partial charge in [0.05, 0.1) is 45.2 Å². The van der Waals surface area contributed by atoms with Crippen molar-refractivity contribution in [3.05, 3.63) is 35.9 Å². The maximum Gasteiger partial charge on any atom is 0.0701 e. The summed E-state index contributed by atoms with van der Waals surface area (Å²) in [5.41, 5.74) is 0.620. The topological polar surface area (TPSA) is 60.0 Å². The van der Waals surface area contributed by atoms with Crippen molar-refractivity contribution in [1.29, 1.82) is 0 Å². The Morgan fingerprint density at radius 2 is 1.62 bits per heavy atom. The van der Waals surface area contributed by atoms with E-state index in [1.54, 1.807) is 7.11 Å². The van der Waals surface area contributed by atoms with E-state index in [-0.39, 0.29) is 6.61 Å². The number of ether oxygens (including phenoxy) is 3. The molecule has 5 heteroatoms. The Labute approximate surface area is 127 Å². The van der Waals surface area contributed by atoms with Crippen LogP contribution in [0.4, 0.5) is 0 Å². The Kier molecular flexibility index (Phi) is 9.21. The normalized spacial score (nSPS) is 14.0. The molecule has 2 N–H and O–H groups in total. The monoisotopic (exact) mass is 297 g/mol. The van der Waals surface area contributed by atoms with Crippen molar-refractivity contribution < 1.29 is 19.3 Å². The zero-order chi connectivity index (χ0) is 15.4. The van der Waals surface area contributed by atoms with Gasteiger partial charge >= 0.3 is 0 Å². The Morgan fingerprint density at radius 3 is 2.24 bits per heavy atom. The number of aliphatic hydroxyl groups excluding tert-OH is 1. The highest BCUT2D eigenvalue weighted by molar-refractivity contribution is 5.23. The standard InChI is InChI=1S/C16H27NO4/c1-16(14-18,15-6-4-3-5-7-15)17-8-9-20-12-13-21-11-10-19-2/h3-7,17-18H,8-14H2,1-2H3. The minimum Gasteiger partial charge on any atom is -0.394 e. The van der Waals surface area contributed by atoms with E-state index in [9.17, 15) is 5.11 Å². The molecule has 0 saturated heterocycles. The lowest BCUT2D eigenvalue weighted by Gasteiger charge is -2.29. The molecule has 1 aromatic rings. The zero-order valence-corrected chi connectivity index (χ0v) is 13.0. The Balaban J connectivity index is 2.15. The van der Waals surface area contributed by atoms with Gasteiger partial charge in [0.25, 0.3) is 0 Å². The molecule has 0 aliphatic rings. The van der Waals surface area contributed by atoms with Crippen molar-refractivity contribution in [3.63, 3.8) is 0 Å². The van der Waals surface area contributed by atoms with Gasteiger partial charge in [-0.3, -0.25) is 0 Å². The van der Waals surface area contributed by atoms with Crippen LogP contribution < -0.4 is 5.32 Å². The summed E-state index contributed by atoms with van der Waals surface area (Å²) in [6.07, 6.45) is 0. The van der Waals surface area contributed by atoms with Crippen molar-refractivity contribution in [2.75, 3.05) is 53.3 Å². The first-order chi connectivity index (χ1) is 10.2. The summed E-state index contributed by atoms with van der Waals surface area (Å²) in [5, 5.41) is 13.0. The van der Waals surface area contributed by atoms with Crippen molar-refractivity contribution in [3.8, 4) is 0 Å². The molecule has 5 nitrogen and oxygen atoms in total. The number of benzene rings is 1. The molecule has 21 heavy (non-hydrogen) atoms. The first-order valence-corrected chi connectivity index (χ1v) is 7.29. The molecule has 0 aliphatic carbocycles. The van der Waals surface area contributed by atoms with Gasteiger partial charge in [-0.05, 0) is 12.5 Å². The van der Waals surface area contributed by atoms with Crippen LogP contribution in [0.1, 0.15) is 12.5 Å². The largest absolute Gasteiger partial charge is 0.394 e. The van der Waals surface area contributed by atoms with Gasteiger partial charge < -0.3 is 24.6 Å². The SMILES string of the molecule is COCCOCCOCCNC(C)(CO)c1ccccc1. The summed E-state index contributed by atoms with van der Waals surface area (Å²) in [7, 11) is 1.65. The van der Waals surface area contributed by atoms with Crippen LogP contribution in [0.2, 0.25) is 0 Å². The molecule has 0 saturated carbocycles. The average Bonchev–Trinajstić information content (AvgIpc) is 2.54. The Morgan fingerprint density at radius 1 is 1.00 bits per heavy atom. The highest BCUT2D eigenvalue weighted by Crippen LogP contribution is 2.19. The first-order valence-electron chi connectivity index (χ1n) is 7.29. The van der Waals surface area contributed by atoms with E-state index in [2.05, 4.69) is 5.32 Å². The van der Waals surface area contributed by atoms with Gasteiger partial charge in [0, 0.05) is 13.7 Å². The molecule has 0 aliphatic heterocycles. The number of hydrogen-bond acceptors (Lipinski definition) is 5. The highest BCUT2D eigenvalue weighted by atomic mass is 16.5. The van der Waals surface area contributed by atoms with Crippen LogP contribution in [0.5, 0.6) is 0 Å². The lowest BCUT2D eigenvalue weighted by atomic mass is 9.93.